The number of esters is 2. The highest BCUT2D eigenvalue weighted by atomic mass is 16.6. The Morgan fingerprint density at radius 2 is 2.15 bits per heavy atom. The summed E-state index contributed by atoms with van der Waals surface area (Å²) in [6.45, 7) is 1.81. The zero-order valence-electron chi connectivity index (χ0n) is 7.02. The summed E-state index contributed by atoms with van der Waals surface area (Å²) >= 11 is 0. The third-order valence-corrected chi connectivity index (χ3v) is 3.06. The fourth-order valence-electron chi connectivity index (χ4n) is 2.46. The van der Waals surface area contributed by atoms with Crippen LogP contribution in [-0.2, 0) is 19.1 Å². The van der Waals surface area contributed by atoms with Crippen LogP contribution in [0.15, 0.2) is 12.2 Å². The van der Waals surface area contributed by atoms with E-state index in [1.807, 2.05) is 19.1 Å². The van der Waals surface area contributed by atoms with Crippen LogP contribution in [0.1, 0.15) is 6.92 Å². The standard InChI is InChI=1S/C9H8O4/c1-9-3-2-4(13-9)5-6(9)8(11)12-7(5)10/h2-6H,1H3/t4-,5-,6-,9-/m1/s1. The van der Waals surface area contributed by atoms with Gasteiger partial charge in [0, 0.05) is 0 Å². The lowest BCUT2D eigenvalue weighted by Crippen LogP contribution is -2.34. The van der Waals surface area contributed by atoms with Gasteiger partial charge in [-0.3, -0.25) is 9.59 Å². The molecule has 2 fully saturated rings. The molecule has 0 aromatic carbocycles. The van der Waals surface area contributed by atoms with Crippen molar-refractivity contribution in [3.8, 4) is 0 Å². The monoisotopic (exact) mass is 180 g/mol. The van der Waals surface area contributed by atoms with Gasteiger partial charge in [-0.05, 0) is 6.92 Å². The number of carbonyl (C=O) groups is 2. The van der Waals surface area contributed by atoms with Crippen LogP contribution in [-0.4, -0.2) is 23.6 Å². The molecule has 4 atom stereocenters. The van der Waals surface area contributed by atoms with E-state index in [-0.39, 0.29) is 6.10 Å². The van der Waals surface area contributed by atoms with Gasteiger partial charge in [0.05, 0.1) is 11.7 Å². The van der Waals surface area contributed by atoms with Crippen LogP contribution in [0.25, 0.3) is 0 Å². The first-order chi connectivity index (χ1) is 6.12. The van der Waals surface area contributed by atoms with E-state index >= 15 is 0 Å². The van der Waals surface area contributed by atoms with Crippen LogP contribution in [0.5, 0.6) is 0 Å². The largest absolute Gasteiger partial charge is 0.393 e. The van der Waals surface area contributed by atoms with Gasteiger partial charge < -0.3 is 9.47 Å². The molecule has 3 rings (SSSR count). The van der Waals surface area contributed by atoms with Crippen molar-refractivity contribution >= 4 is 11.9 Å². The molecule has 68 valence electrons. The van der Waals surface area contributed by atoms with E-state index in [0.717, 1.165) is 0 Å². The molecule has 0 amide bonds. The predicted octanol–water partition coefficient (Wildman–Crippen LogP) is 0.0295. The minimum Gasteiger partial charge on any atom is -0.393 e. The molecule has 0 radical (unpaired) electrons. The van der Waals surface area contributed by atoms with E-state index in [2.05, 4.69) is 4.74 Å². The van der Waals surface area contributed by atoms with E-state index in [4.69, 9.17) is 4.74 Å². The Balaban J connectivity index is 2.13. The molecule has 3 aliphatic rings. The Kier molecular flexibility index (Phi) is 1.03. The SMILES string of the molecule is C[C@]12C=C[C@@H](O1)[C@H]1C(=O)OC(=O)[C@@H]12. The molecule has 0 aromatic rings. The second kappa shape index (κ2) is 1.85. The van der Waals surface area contributed by atoms with Gasteiger partial charge in [-0.25, -0.2) is 0 Å². The first-order valence-corrected chi connectivity index (χ1v) is 4.24. The Morgan fingerprint density at radius 3 is 2.85 bits per heavy atom. The van der Waals surface area contributed by atoms with Gasteiger partial charge in [0.25, 0.3) is 0 Å². The average molecular weight is 180 g/mol. The number of rotatable bonds is 0. The maximum atomic E-state index is 11.3. The number of fused-ring (bicyclic) bond motifs is 5. The molecule has 4 nitrogen and oxygen atoms in total. The minimum absolute atomic E-state index is 0.256. The van der Waals surface area contributed by atoms with Gasteiger partial charge in [0.15, 0.2) is 0 Å². The molecule has 0 aromatic heterocycles. The maximum Gasteiger partial charge on any atom is 0.320 e. The average Bonchev–Trinajstić information content (AvgIpc) is 2.62. The van der Waals surface area contributed by atoms with Crippen LogP contribution in [0.3, 0.4) is 0 Å². The summed E-state index contributed by atoms with van der Waals surface area (Å²) in [5.74, 6) is -1.70. The molecule has 2 bridgehead atoms. The summed E-state index contributed by atoms with van der Waals surface area (Å²) in [6.07, 6.45) is 3.42. The molecule has 0 unspecified atom stereocenters. The van der Waals surface area contributed by atoms with Crippen LogP contribution < -0.4 is 0 Å². The lowest BCUT2D eigenvalue weighted by Gasteiger charge is -2.20. The molecule has 4 heteroatoms. The normalized spacial score (nSPS) is 51.3. The van der Waals surface area contributed by atoms with Gasteiger partial charge in [-0.15, -0.1) is 0 Å². The third-order valence-electron chi connectivity index (χ3n) is 3.06. The number of carbonyl (C=O) groups excluding carboxylic acids is 2. The smallest absolute Gasteiger partial charge is 0.320 e. The highest BCUT2D eigenvalue weighted by molar-refractivity contribution is 5.99. The lowest BCUT2D eigenvalue weighted by atomic mass is 9.78. The molecule has 0 spiro atoms. The van der Waals surface area contributed by atoms with Gasteiger partial charge in [-0.2, -0.15) is 0 Å². The van der Waals surface area contributed by atoms with Gasteiger partial charge in [-0.1, -0.05) is 12.2 Å². The van der Waals surface area contributed by atoms with Crippen molar-refractivity contribution in [1.82, 2.24) is 0 Å². The van der Waals surface area contributed by atoms with E-state index in [0.29, 0.717) is 0 Å². The van der Waals surface area contributed by atoms with Crippen LogP contribution in [0, 0.1) is 11.8 Å². The van der Waals surface area contributed by atoms with E-state index in [1.54, 1.807) is 0 Å². The zero-order chi connectivity index (χ0) is 9.22. The maximum absolute atomic E-state index is 11.3. The van der Waals surface area contributed by atoms with Crippen molar-refractivity contribution in [1.29, 1.82) is 0 Å². The Bertz CT molecular complexity index is 346. The van der Waals surface area contributed by atoms with E-state index < -0.39 is 29.4 Å². The molecule has 13 heavy (non-hydrogen) atoms. The first kappa shape index (κ1) is 7.26. The number of ether oxygens (including phenoxy) is 2. The molecule has 3 aliphatic heterocycles. The van der Waals surface area contributed by atoms with Crippen LogP contribution >= 0.6 is 0 Å². The summed E-state index contributed by atoms with van der Waals surface area (Å²) in [5.41, 5.74) is -0.613. The molecule has 0 N–H and O–H groups in total. The Morgan fingerprint density at radius 1 is 1.38 bits per heavy atom. The molecular formula is C9H8O4. The molecular weight excluding hydrogens is 172 g/mol. The summed E-state index contributed by atoms with van der Waals surface area (Å²) in [5, 5.41) is 0. The van der Waals surface area contributed by atoms with Gasteiger partial charge in [0.1, 0.15) is 11.8 Å². The third kappa shape index (κ3) is 0.659. The van der Waals surface area contributed by atoms with E-state index in [9.17, 15) is 9.59 Å². The fraction of sp³-hybridized carbons (Fsp3) is 0.556. The molecule has 0 saturated carbocycles. The van der Waals surface area contributed by atoms with Gasteiger partial charge in [0.2, 0.25) is 0 Å². The molecule has 3 heterocycles. The van der Waals surface area contributed by atoms with Crippen LogP contribution in [0.4, 0.5) is 0 Å². The topological polar surface area (TPSA) is 52.6 Å². The zero-order valence-corrected chi connectivity index (χ0v) is 7.02. The van der Waals surface area contributed by atoms with Crippen molar-refractivity contribution < 1.29 is 19.1 Å². The number of hydrogen-bond acceptors (Lipinski definition) is 4. The summed E-state index contributed by atoms with van der Waals surface area (Å²) < 4.78 is 10.1. The van der Waals surface area contributed by atoms with Crippen molar-refractivity contribution in [3.63, 3.8) is 0 Å². The van der Waals surface area contributed by atoms with Crippen molar-refractivity contribution in [3.05, 3.63) is 12.2 Å². The highest BCUT2D eigenvalue weighted by Gasteiger charge is 2.64. The first-order valence-electron chi connectivity index (χ1n) is 4.24. The Labute approximate surface area is 74.5 Å². The van der Waals surface area contributed by atoms with Crippen LogP contribution in [0.2, 0.25) is 0 Å². The summed E-state index contributed by atoms with van der Waals surface area (Å²) in [4.78, 5) is 22.5. The fourth-order valence-corrected chi connectivity index (χ4v) is 2.46. The molecule has 0 aliphatic carbocycles. The van der Waals surface area contributed by atoms with Gasteiger partial charge >= 0.3 is 11.9 Å². The second-order valence-corrected chi connectivity index (χ2v) is 3.87. The summed E-state index contributed by atoms with van der Waals surface area (Å²) in [7, 11) is 0. The minimum atomic E-state index is -0.613. The highest BCUT2D eigenvalue weighted by Crippen LogP contribution is 2.50. The lowest BCUT2D eigenvalue weighted by molar-refractivity contribution is -0.157. The number of cyclic esters (lactones) is 2. The summed E-state index contributed by atoms with van der Waals surface area (Å²) in [6, 6.07) is 0. The van der Waals surface area contributed by atoms with Crippen molar-refractivity contribution in [2.45, 2.75) is 18.6 Å². The predicted molar refractivity (Wildman–Crippen MR) is 40.5 cm³/mol. The van der Waals surface area contributed by atoms with E-state index in [1.165, 1.54) is 0 Å². The quantitative estimate of drug-likeness (QED) is 0.300. The number of hydrogen-bond donors (Lipinski definition) is 0. The Hall–Kier alpha value is -1.16. The second-order valence-electron chi connectivity index (χ2n) is 3.87. The molecule has 2 saturated heterocycles. The van der Waals surface area contributed by atoms with Crippen molar-refractivity contribution in [2.24, 2.45) is 11.8 Å². The van der Waals surface area contributed by atoms with Crippen molar-refractivity contribution in [2.75, 3.05) is 0 Å².